The Bertz CT molecular complexity index is 4430. The van der Waals surface area contributed by atoms with E-state index in [1.165, 1.54) is 0 Å². The fraction of sp³-hybridized carbons (Fsp3) is 0.350. The van der Waals surface area contributed by atoms with Crippen LogP contribution < -0.4 is 76.4 Å². The number of aldehydes is 1. The van der Waals surface area contributed by atoms with Crippen LogP contribution in [0.25, 0.3) is 0 Å². The molecule has 10 rings (SSSR count). The molecule has 6 aromatic heterocycles. The highest BCUT2D eigenvalue weighted by Gasteiger charge is 2.25. The molecule has 0 saturated carbocycles. The number of nitrogens with two attached hydrogens (primary N) is 3. The van der Waals surface area contributed by atoms with Crippen LogP contribution in [-0.2, 0) is 43.8 Å². The number of hydrogen-bond donors (Lipinski definition) is 7. The molecule has 0 aliphatic heterocycles. The monoisotopic (exact) mass is 1620 g/mol. The van der Waals surface area contributed by atoms with E-state index in [4.69, 9.17) is 69.9 Å². The van der Waals surface area contributed by atoms with Crippen molar-refractivity contribution in [2.24, 2.45) is 0 Å². The quantitative estimate of drug-likeness (QED) is 0.0186. The van der Waals surface area contributed by atoms with Crippen LogP contribution in [0.2, 0.25) is 0 Å². The predicted molar refractivity (Wildman–Crippen MR) is 435 cm³/mol. The molecule has 0 atom stereocenters. The lowest BCUT2D eigenvalue weighted by Gasteiger charge is -2.18. The molecule has 109 heavy (non-hydrogen) atoms. The van der Waals surface area contributed by atoms with E-state index in [1.807, 2.05) is 129 Å². The Morgan fingerprint density at radius 1 is 0.431 bits per heavy atom. The van der Waals surface area contributed by atoms with Gasteiger partial charge in [-0.2, -0.15) is 28.1 Å². The maximum Gasteiger partial charge on any atom is 0.446 e. The lowest BCUT2D eigenvalue weighted by atomic mass is 9.97. The van der Waals surface area contributed by atoms with E-state index in [0.717, 1.165) is 123 Å². The number of aromatic nitrogens is 9. The minimum atomic E-state index is -4.64. The van der Waals surface area contributed by atoms with Gasteiger partial charge in [-0.3, -0.25) is 14.8 Å². The Balaban J connectivity index is 0.000000314. The first-order valence-electron chi connectivity index (χ1n) is 33.9. The van der Waals surface area contributed by atoms with Crippen molar-refractivity contribution < 1.29 is 55.9 Å². The molecule has 0 spiro atoms. The maximum absolute atomic E-state index is 10.4. The predicted octanol–water partition coefficient (Wildman–Crippen LogP) is 16.4. The van der Waals surface area contributed by atoms with Crippen LogP contribution in [0, 0.1) is 17.4 Å². The summed E-state index contributed by atoms with van der Waals surface area (Å²) in [5.74, 6) is 10.0. The molecule has 10 N–H and O–H groups in total. The molecular formula is C80H104F3IN16O9. The number of ether oxygens (including phenoxy) is 8. The first-order valence-corrected chi connectivity index (χ1v) is 35.0. The number of halogens is 4. The Hall–Kier alpha value is -11.2. The molecule has 25 nitrogen and oxygen atoms in total. The number of benzene rings is 4. The second kappa shape index (κ2) is 44.8. The summed E-state index contributed by atoms with van der Waals surface area (Å²) in [5, 5.41) is 13.5. The Morgan fingerprint density at radius 2 is 0.789 bits per heavy atom. The number of anilines is 7. The van der Waals surface area contributed by atoms with Gasteiger partial charge in [0.25, 0.3) is 5.88 Å². The topological polar surface area (TPSA) is 333 Å². The second-order valence-electron chi connectivity index (χ2n) is 24.7. The van der Waals surface area contributed by atoms with Crippen LogP contribution >= 0.6 is 22.6 Å². The summed E-state index contributed by atoms with van der Waals surface area (Å²) in [6.07, 6.45) is 0.801. The number of alkyl halides is 3. The molecule has 0 fully saturated rings. The number of methoxy groups -OCH3 is 8. The molecule has 0 radical (unpaired) electrons. The van der Waals surface area contributed by atoms with Crippen LogP contribution in [0.3, 0.4) is 0 Å². The van der Waals surface area contributed by atoms with E-state index in [9.17, 15) is 13.2 Å². The molecule has 0 bridgehead atoms. The number of rotatable bonds is 27. The van der Waals surface area contributed by atoms with Gasteiger partial charge in [0.05, 0.1) is 88.9 Å². The summed E-state index contributed by atoms with van der Waals surface area (Å²) in [4.78, 5) is 48.9. The molecule has 0 saturated heterocycles. The standard InChI is InChI=1S/C31H37N5O3.C20H21IN4O2.C15H21N5O2.C10H16N2O.C2HF3O.2CH4/c1-20(2)29-24(16-28(39-6)21(3)35-29)15-25-19-34-31(33-18-23-9-13-27(38-5)14-10-23)36-30(25)32-17-22-7-11-26(37-4)12-8-22;1-26-16-7-3-14(4-8-16)11-22-19-18(21)13-24-20(25-19)23-12-15-5-9-17(27-2)10-6-15;1-8(2)12-9(6-11(21-3)14(19-12)22-4)5-10-7-18-15(17)20-13(10)16;1-6(2)10-8(11)5-9(13-4)7(3)12-10;3-2(4,5)1-6;;/h7-14,16,19-20H,15,17-18H2,1-6H3,(H2,32,33,34,36);3-10,13H,11-12H2,1-2H3,(H2,22,23,24,25);6-8H,5H2,1-4H3,(H4,16,17,18,20);5-6H,11H2,1-4H3;1H;2*1H4. The lowest BCUT2D eigenvalue weighted by molar-refractivity contribution is -0.156. The first-order chi connectivity index (χ1) is 51.1. The van der Waals surface area contributed by atoms with Crippen molar-refractivity contribution in [2.75, 3.05) is 95.3 Å². The van der Waals surface area contributed by atoms with Gasteiger partial charge in [-0.25, -0.2) is 19.9 Å². The highest BCUT2D eigenvalue weighted by Crippen LogP contribution is 2.34. The van der Waals surface area contributed by atoms with Crippen LogP contribution in [0.1, 0.15) is 147 Å². The van der Waals surface area contributed by atoms with E-state index in [0.29, 0.717) is 80.0 Å². The zero-order chi connectivity index (χ0) is 78.3. The van der Waals surface area contributed by atoms with Crippen molar-refractivity contribution in [3.63, 3.8) is 0 Å². The lowest BCUT2D eigenvalue weighted by Crippen LogP contribution is -2.11. The third kappa shape index (κ3) is 28.4. The van der Waals surface area contributed by atoms with Crippen molar-refractivity contribution in [2.45, 2.75) is 133 Å². The van der Waals surface area contributed by atoms with Gasteiger partial charge in [-0.15, -0.1) is 0 Å². The molecule has 29 heteroatoms. The minimum Gasteiger partial charge on any atom is -0.497 e. The average Bonchev–Trinajstić information content (AvgIpc) is 0.816. The number of aryl methyl sites for hydroxylation is 2. The van der Waals surface area contributed by atoms with Gasteiger partial charge in [0, 0.05) is 80.5 Å². The van der Waals surface area contributed by atoms with Crippen LogP contribution in [-0.4, -0.2) is 114 Å². The van der Waals surface area contributed by atoms with E-state index >= 15 is 0 Å². The number of carbonyl (C=O) groups is 1. The number of pyridine rings is 3. The van der Waals surface area contributed by atoms with E-state index in [2.05, 4.69) is 126 Å². The minimum absolute atomic E-state index is 0. The van der Waals surface area contributed by atoms with Gasteiger partial charge >= 0.3 is 6.18 Å². The molecular weight excluding hydrogens is 1510 g/mol. The van der Waals surface area contributed by atoms with Crippen molar-refractivity contribution in [3.8, 4) is 46.1 Å². The Labute approximate surface area is 652 Å². The van der Waals surface area contributed by atoms with Crippen molar-refractivity contribution in [1.29, 1.82) is 0 Å². The van der Waals surface area contributed by atoms with Gasteiger partial charge < -0.3 is 76.4 Å². The smallest absolute Gasteiger partial charge is 0.446 e. The zero-order valence-electron chi connectivity index (χ0n) is 63.2. The SMILES string of the molecule is C.C.COc1cc(Cc2cnc(N)nc2N)c(C(C)C)nc1OC.COc1cc(N)c(C(C)C)nc1C.COc1ccc(CNc2ncc(Cc3cc(OC)c(C)nc3C(C)C)c(NCc3ccc(OC)cc3)n2)cc1.COc1ccc(CNc2ncc(I)c(NCc3ccc(OC)cc3)n2)cc1.O=CC(F)(F)F. The summed E-state index contributed by atoms with van der Waals surface area (Å²) < 4.78 is 74.4. The highest BCUT2D eigenvalue weighted by atomic mass is 127. The second-order valence-corrected chi connectivity index (χ2v) is 25.9. The highest BCUT2D eigenvalue weighted by molar-refractivity contribution is 14.1. The summed E-state index contributed by atoms with van der Waals surface area (Å²) >= 11 is 2.23. The summed E-state index contributed by atoms with van der Waals surface area (Å²) in [6, 6.07) is 37.6. The molecule has 4 aromatic carbocycles. The van der Waals surface area contributed by atoms with Crippen molar-refractivity contribution in [1.82, 2.24) is 44.9 Å². The molecule has 586 valence electrons. The zero-order valence-corrected chi connectivity index (χ0v) is 65.4. The summed E-state index contributed by atoms with van der Waals surface area (Å²) in [5.41, 5.74) is 31.0. The third-order valence-electron chi connectivity index (χ3n) is 15.9. The van der Waals surface area contributed by atoms with Gasteiger partial charge in [0.1, 0.15) is 52.0 Å². The van der Waals surface area contributed by atoms with E-state index in [1.54, 1.807) is 69.3 Å². The van der Waals surface area contributed by atoms with E-state index in [-0.39, 0.29) is 32.6 Å². The van der Waals surface area contributed by atoms with Crippen LogP contribution in [0.5, 0.6) is 46.1 Å². The number of nitrogens with one attached hydrogen (secondary N) is 4. The molecule has 0 amide bonds. The van der Waals surface area contributed by atoms with Gasteiger partial charge in [0.15, 0.2) is 5.75 Å². The maximum atomic E-state index is 10.4. The third-order valence-corrected chi connectivity index (χ3v) is 16.7. The normalized spacial score (nSPS) is 10.5. The van der Waals surface area contributed by atoms with Crippen LogP contribution in [0.15, 0.2) is 134 Å². The fourth-order valence-corrected chi connectivity index (χ4v) is 10.7. The van der Waals surface area contributed by atoms with Crippen molar-refractivity contribution >= 4 is 69.9 Å². The van der Waals surface area contributed by atoms with Gasteiger partial charge in [-0.05, 0) is 148 Å². The molecule has 0 unspecified atom stereocenters. The average molecular weight is 1620 g/mol. The largest absolute Gasteiger partial charge is 0.497 e. The van der Waals surface area contributed by atoms with Crippen molar-refractivity contribution in [3.05, 3.63) is 210 Å². The Kier molecular flexibility index (Phi) is 37.0. The van der Waals surface area contributed by atoms with Crippen LogP contribution in [0.4, 0.5) is 54.2 Å². The number of carbonyl (C=O) groups excluding carboxylic acids is 1. The fourth-order valence-electron chi connectivity index (χ4n) is 10.3. The molecule has 0 aliphatic carbocycles. The first kappa shape index (κ1) is 90.2. The van der Waals surface area contributed by atoms with Gasteiger partial charge in [-0.1, -0.05) is 105 Å². The summed E-state index contributed by atoms with van der Waals surface area (Å²) in [7, 11) is 13.1. The molecule has 6 heterocycles. The molecule has 0 aliphatic rings. The van der Waals surface area contributed by atoms with E-state index < -0.39 is 12.5 Å². The number of nitrogen functional groups attached to an aromatic ring is 3. The summed E-state index contributed by atoms with van der Waals surface area (Å²) in [6.45, 7) is 19.0. The Morgan fingerprint density at radius 3 is 1.18 bits per heavy atom. The number of hydrogen-bond acceptors (Lipinski definition) is 25. The van der Waals surface area contributed by atoms with Gasteiger partial charge in [0.2, 0.25) is 24.1 Å². The molecule has 10 aromatic rings. The number of nitrogens with zero attached hydrogens (tertiary/aromatic N) is 9.